The van der Waals surface area contributed by atoms with Crippen LogP contribution in [0.25, 0.3) is 5.69 Å². The summed E-state index contributed by atoms with van der Waals surface area (Å²) in [6.45, 7) is 2.07. The number of alkyl halides is 3. The van der Waals surface area contributed by atoms with Crippen molar-refractivity contribution in [3.05, 3.63) is 29.8 Å². The zero-order valence-electron chi connectivity index (χ0n) is 12.3. The zero-order valence-corrected chi connectivity index (χ0v) is 13.1. The second kappa shape index (κ2) is 6.99. The number of benzene rings is 1. The van der Waals surface area contributed by atoms with E-state index in [1.54, 1.807) is 0 Å². The van der Waals surface area contributed by atoms with Gasteiger partial charge in [0.1, 0.15) is 6.54 Å². The number of aromatic nitrogens is 4. The van der Waals surface area contributed by atoms with Gasteiger partial charge < -0.3 is 5.32 Å². The van der Waals surface area contributed by atoms with Gasteiger partial charge in [0.15, 0.2) is 0 Å². The lowest BCUT2D eigenvalue weighted by molar-refractivity contribution is -0.137. The first-order valence-corrected chi connectivity index (χ1v) is 7.51. The SMILES string of the molecule is Cc1ccc(-n2nnnc2SC(C)C(=O)NCC(F)(F)F)cc1. The maximum Gasteiger partial charge on any atom is 0.405 e. The van der Waals surface area contributed by atoms with Crippen molar-refractivity contribution in [2.45, 2.75) is 30.4 Å². The van der Waals surface area contributed by atoms with Gasteiger partial charge in [-0.2, -0.15) is 17.9 Å². The molecule has 2 aromatic rings. The molecule has 0 radical (unpaired) electrons. The molecule has 0 bridgehead atoms. The summed E-state index contributed by atoms with van der Waals surface area (Å²) in [5.74, 6) is -0.731. The van der Waals surface area contributed by atoms with E-state index in [4.69, 9.17) is 0 Å². The molecule has 0 aliphatic rings. The van der Waals surface area contributed by atoms with Gasteiger partial charge in [-0.3, -0.25) is 4.79 Å². The molecule has 0 saturated heterocycles. The average molecular weight is 345 g/mol. The van der Waals surface area contributed by atoms with Gasteiger partial charge in [-0.15, -0.1) is 5.10 Å². The Morgan fingerprint density at radius 3 is 2.61 bits per heavy atom. The normalized spacial score (nSPS) is 12.9. The van der Waals surface area contributed by atoms with Crippen LogP contribution in [0.2, 0.25) is 0 Å². The molecule has 1 aromatic heterocycles. The fourth-order valence-corrected chi connectivity index (χ4v) is 2.48. The van der Waals surface area contributed by atoms with Gasteiger partial charge in [0.2, 0.25) is 11.1 Å². The number of aryl methyl sites for hydroxylation is 1. The van der Waals surface area contributed by atoms with Crippen LogP contribution in [0.4, 0.5) is 13.2 Å². The summed E-state index contributed by atoms with van der Waals surface area (Å²) in [6.07, 6.45) is -4.44. The van der Waals surface area contributed by atoms with E-state index in [1.165, 1.54) is 11.6 Å². The van der Waals surface area contributed by atoms with Crippen molar-refractivity contribution in [1.82, 2.24) is 25.5 Å². The summed E-state index contributed by atoms with van der Waals surface area (Å²) >= 11 is 0.982. The van der Waals surface area contributed by atoms with Crippen LogP contribution in [-0.4, -0.2) is 44.1 Å². The molecule has 2 rings (SSSR count). The predicted octanol–water partition coefficient (Wildman–Crippen LogP) is 2.13. The topological polar surface area (TPSA) is 72.7 Å². The monoisotopic (exact) mass is 345 g/mol. The molecule has 1 amide bonds. The van der Waals surface area contributed by atoms with Crippen molar-refractivity contribution < 1.29 is 18.0 Å². The van der Waals surface area contributed by atoms with Gasteiger partial charge in [-0.1, -0.05) is 29.5 Å². The molecule has 0 aliphatic carbocycles. The smallest absolute Gasteiger partial charge is 0.346 e. The van der Waals surface area contributed by atoms with E-state index in [2.05, 4.69) is 15.5 Å². The van der Waals surface area contributed by atoms with E-state index >= 15 is 0 Å². The predicted molar refractivity (Wildman–Crippen MR) is 78.3 cm³/mol. The lowest BCUT2D eigenvalue weighted by Crippen LogP contribution is -2.38. The molecule has 0 aliphatic heterocycles. The Balaban J connectivity index is 2.05. The first-order valence-electron chi connectivity index (χ1n) is 6.63. The molecular weight excluding hydrogens is 331 g/mol. The molecule has 1 unspecified atom stereocenters. The van der Waals surface area contributed by atoms with Crippen LogP contribution in [0, 0.1) is 6.92 Å². The number of tetrazole rings is 1. The first kappa shape index (κ1) is 17.3. The molecule has 1 N–H and O–H groups in total. The Hall–Kier alpha value is -2.10. The van der Waals surface area contributed by atoms with Crippen molar-refractivity contribution in [1.29, 1.82) is 0 Å². The summed E-state index contributed by atoms with van der Waals surface area (Å²) < 4.78 is 37.8. The molecule has 0 saturated carbocycles. The lowest BCUT2D eigenvalue weighted by atomic mass is 10.2. The number of thioether (sulfide) groups is 1. The summed E-state index contributed by atoms with van der Waals surface area (Å²) in [5, 5.41) is 12.6. The summed E-state index contributed by atoms with van der Waals surface area (Å²) in [6, 6.07) is 7.38. The van der Waals surface area contributed by atoms with Crippen LogP contribution < -0.4 is 5.32 Å². The molecule has 124 valence electrons. The Morgan fingerprint density at radius 1 is 1.35 bits per heavy atom. The van der Waals surface area contributed by atoms with E-state index in [-0.39, 0.29) is 0 Å². The summed E-state index contributed by atoms with van der Waals surface area (Å²) in [7, 11) is 0. The van der Waals surface area contributed by atoms with Gasteiger partial charge in [0, 0.05) is 0 Å². The number of hydrogen-bond donors (Lipinski definition) is 1. The van der Waals surface area contributed by atoms with Crippen LogP contribution >= 0.6 is 11.8 Å². The highest BCUT2D eigenvalue weighted by molar-refractivity contribution is 8.00. The molecule has 0 fully saturated rings. The third-order valence-electron chi connectivity index (χ3n) is 2.83. The Labute approximate surface area is 134 Å². The fraction of sp³-hybridized carbons (Fsp3) is 0.385. The lowest BCUT2D eigenvalue weighted by Gasteiger charge is -2.13. The molecule has 10 heteroatoms. The third-order valence-corrected chi connectivity index (χ3v) is 3.87. The van der Waals surface area contributed by atoms with Crippen molar-refractivity contribution in [3.63, 3.8) is 0 Å². The largest absolute Gasteiger partial charge is 0.405 e. The number of halogens is 3. The van der Waals surface area contributed by atoms with Gasteiger partial charge >= 0.3 is 6.18 Å². The minimum Gasteiger partial charge on any atom is -0.346 e. The second-order valence-corrected chi connectivity index (χ2v) is 6.11. The molecule has 1 aromatic carbocycles. The number of carbonyl (C=O) groups is 1. The van der Waals surface area contributed by atoms with Crippen molar-refractivity contribution in [3.8, 4) is 5.69 Å². The fourth-order valence-electron chi connectivity index (χ4n) is 1.64. The van der Waals surface area contributed by atoms with Crippen molar-refractivity contribution in [2.24, 2.45) is 0 Å². The maximum absolute atomic E-state index is 12.1. The summed E-state index contributed by atoms with van der Waals surface area (Å²) in [4.78, 5) is 11.7. The quantitative estimate of drug-likeness (QED) is 0.841. The number of nitrogens with one attached hydrogen (secondary N) is 1. The molecular formula is C13H14F3N5OS. The number of nitrogens with zero attached hydrogens (tertiary/aromatic N) is 4. The number of amides is 1. The van der Waals surface area contributed by atoms with Crippen LogP contribution in [0.3, 0.4) is 0 Å². The molecule has 0 spiro atoms. The van der Waals surface area contributed by atoms with Crippen molar-refractivity contribution in [2.75, 3.05) is 6.54 Å². The third kappa shape index (κ3) is 4.95. The van der Waals surface area contributed by atoms with E-state index < -0.39 is 23.9 Å². The highest BCUT2D eigenvalue weighted by atomic mass is 32.2. The van der Waals surface area contributed by atoms with Crippen LogP contribution in [0.5, 0.6) is 0 Å². The van der Waals surface area contributed by atoms with Gasteiger partial charge in [0.25, 0.3) is 0 Å². The Bertz CT molecular complexity index is 671. The highest BCUT2D eigenvalue weighted by Gasteiger charge is 2.29. The standard InChI is InChI=1S/C13H14F3N5OS/c1-8-3-5-10(6-4-8)21-12(18-19-20-21)23-9(2)11(22)17-7-13(14,15)16/h3-6,9H,7H2,1-2H3,(H,17,22). The van der Waals surface area contributed by atoms with Crippen molar-refractivity contribution >= 4 is 17.7 Å². The molecule has 23 heavy (non-hydrogen) atoms. The molecule has 1 heterocycles. The number of carbonyl (C=O) groups excluding carboxylic acids is 1. The number of hydrogen-bond acceptors (Lipinski definition) is 5. The Morgan fingerprint density at radius 2 is 2.00 bits per heavy atom. The van der Waals surface area contributed by atoms with Crippen LogP contribution in [-0.2, 0) is 4.79 Å². The minimum absolute atomic E-state index is 0.323. The van der Waals surface area contributed by atoms with E-state index in [0.717, 1.165) is 17.3 Å². The minimum atomic E-state index is -4.44. The van der Waals surface area contributed by atoms with Crippen LogP contribution in [0.1, 0.15) is 12.5 Å². The highest BCUT2D eigenvalue weighted by Crippen LogP contribution is 2.23. The van der Waals surface area contributed by atoms with Gasteiger partial charge in [-0.05, 0) is 36.4 Å². The Kier molecular flexibility index (Phi) is 5.24. The zero-order chi connectivity index (χ0) is 17.0. The van der Waals surface area contributed by atoms with Gasteiger partial charge in [-0.25, -0.2) is 0 Å². The number of rotatable bonds is 5. The van der Waals surface area contributed by atoms with Gasteiger partial charge in [0.05, 0.1) is 10.9 Å². The van der Waals surface area contributed by atoms with E-state index in [9.17, 15) is 18.0 Å². The van der Waals surface area contributed by atoms with Crippen LogP contribution in [0.15, 0.2) is 29.4 Å². The van der Waals surface area contributed by atoms with E-state index in [0.29, 0.717) is 10.8 Å². The summed E-state index contributed by atoms with van der Waals surface area (Å²) in [5.41, 5.74) is 1.77. The maximum atomic E-state index is 12.1. The van der Waals surface area contributed by atoms with E-state index in [1.807, 2.05) is 36.5 Å². The first-order chi connectivity index (χ1) is 10.8. The molecule has 1 atom stereocenters. The molecule has 6 nitrogen and oxygen atoms in total. The second-order valence-electron chi connectivity index (χ2n) is 4.80. The average Bonchev–Trinajstić information content (AvgIpc) is 2.93.